The van der Waals surface area contributed by atoms with Crippen molar-refractivity contribution in [3.8, 4) is 0 Å². The first kappa shape index (κ1) is 12.7. The molecule has 1 aromatic carbocycles. The Kier molecular flexibility index (Phi) is 3.50. The van der Waals surface area contributed by atoms with Crippen LogP contribution < -0.4 is 0 Å². The molecule has 1 saturated carbocycles. The van der Waals surface area contributed by atoms with Crippen LogP contribution in [0, 0.1) is 18.3 Å². The van der Waals surface area contributed by atoms with Gasteiger partial charge in [-0.2, -0.15) is 0 Å². The van der Waals surface area contributed by atoms with Crippen molar-refractivity contribution >= 4 is 15.9 Å². The first-order valence-electron chi connectivity index (χ1n) is 6.97. The van der Waals surface area contributed by atoms with E-state index < -0.39 is 0 Å². The normalized spacial score (nSPS) is 31.8. The van der Waals surface area contributed by atoms with E-state index in [1.165, 1.54) is 30.4 Å². The highest BCUT2D eigenvalue weighted by molar-refractivity contribution is 9.09. The van der Waals surface area contributed by atoms with E-state index in [-0.39, 0.29) is 0 Å². The molecule has 18 heavy (non-hydrogen) atoms. The van der Waals surface area contributed by atoms with E-state index in [1.807, 2.05) is 0 Å². The van der Waals surface area contributed by atoms with Crippen LogP contribution in [0.15, 0.2) is 24.3 Å². The van der Waals surface area contributed by atoms with E-state index in [0.29, 0.717) is 11.5 Å². The van der Waals surface area contributed by atoms with Gasteiger partial charge in [0.15, 0.2) is 0 Å². The summed E-state index contributed by atoms with van der Waals surface area (Å²) < 4.78 is 6.07. The van der Waals surface area contributed by atoms with Crippen molar-refractivity contribution in [1.82, 2.24) is 0 Å². The monoisotopic (exact) mass is 308 g/mol. The number of ether oxygens (including phenoxy) is 1. The second-order valence-electron chi connectivity index (χ2n) is 5.98. The largest absolute Gasteiger partial charge is 0.377 e. The van der Waals surface area contributed by atoms with Crippen LogP contribution >= 0.6 is 15.9 Å². The van der Waals surface area contributed by atoms with Crippen LogP contribution in [0.5, 0.6) is 0 Å². The van der Waals surface area contributed by atoms with Gasteiger partial charge in [0.1, 0.15) is 0 Å². The van der Waals surface area contributed by atoms with E-state index in [1.54, 1.807) is 0 Å². The molecule has 1 aliphatic carbocycles. The second kappa shape index (κ2) is 4.97. The van der Waals surface area contributed by atoms with Crippen LogP contribution in [-0.2, 0) is 11.2 Å². The van der Waals surface area contributed by atoms with E-state index in [2.05, 4.69) is 47.1 Å². The Morgan fingerprint density at radius 2 is 2.11 bits per heavy atom. The van der Waals surface area contributed by atoms with E-state index in [9.17, 15) is 0 Å². The lowest BCUT2D eigenvalue weighted by atomic mass is 9.75. The Morgan fingerprint density at radius 1 is 1.33 bits per heavy atom. The molecule has 98 valence electrons. The third-order valence-electron chi connectivity index (χ3n) is 4.62. The quantitative estimate of drug-likeness (QED) is 0.760. The molecular weight excluding hydrogens is 288 g/mol. The molecule has 1 aromatic rings. The summed E-state index contributed by atoms with van der Waals surface area (Å²) in [6, 6.07) is 8.79. The zero-order valence-corrected chi connectivity index (χ0v) is 12.6. The molecule has 1 saturated heterocycles. The molecule has 3 rings (SSSR count). The van der Waals surface area contributed by atoms with E-state index in [4.69, 9.17) is 4.74 Å². The minimum atomic E-state index is 0.327. The molecule has 2 fully saturated rings. The highest BCUT2D eigenvalue weighted by Gasteiger charge is 2.50. The molecular formula is C16H21BrO. The summed E-state index contributed by atoms with van der Waals surface area (Å²) in [5, 5.41) is 1.06. The van der Waals surface area contributed by atoms with Crippen LogP contribution in [0.2, 0.25) is 0 Å². The summed E-state index contributed by atoms with van der Waals surface area (Å²) in [7, 11) is 0. The van der Waals surface area contributed by atoms with Gasteiger partial charge in [0.2, 0.25) is 0 Å². The van der Waals surface area contributed by atoms with Crippen molar-refractivity contribution in [3.05, 3.63) is 35.4 Å². The topological polar surface area (TPSA) is 9.23 Å². The predicted molar refractivity (Wildman–Crippen MR) is 78.2 cm³/mol. The van der Waals surface area contributed by atoms with Gasteiger partial charge in [-0.05, 0) is 49.7 Å². The smallest absolute Gasteiger partial charge is 0.0671 e. The van der Waals surface area contributed by atoms with Crippen LogP contribution in [-0.4, -0.2) is 18.0 Å². The van der Waals surface area contributed by atoms with E-state index >= 15 is 0 Å². The summed E-state index contributed by atoms with van der Waals surface area (Å²) in [4.78, 5) is 0. The Bertz CT molecular complexity index is 427. The number of hydrogen-bond donors (Lipinski definition) is 0. The molecule has 2 unspecified atom stereocenters. The highest BCUT2D eigenvalue weighted by Crippen LogP contribution is 2.50. The predicted octanol–water partition coefficient (Wildman–Crippen LogP) is 4.12. The SMILES string of the molecule is Cc1ccccc1CC1(CBr)CCOC1C1CC1. The number of hydrogen-bond acceptors (Lipinski definition) is 1. The lowest BCUT2D eigenvalue weighted by molar-refractivity contribution is 0.0413. The molecule has 0 bridgehead atoms. The Labute approximate surface area is 118 Å². The van der Waals surface area contributed by atoms with Gasteiger partial charge in [-0.3, -0.25) is 0 Å². The fourth-order valence-corrected chi connectivity index (χ4v) is 4.11. The lowest BCUT2D eigenvalue weighted by Gasteiger charge is -2.33. The Hall–Kier alpha value is -0.340. The van der Waals surface area contributed by atoms with Gasteiger partial charge < -0.3 is 4.74 Å². The van der Waals surface area contributed by atoms with Crippen molar-refractivity contribution < 1.29 is 4.74 Å². The third kappa shape index (κ3) is 2.25. The second-order valence-corrected chi connectivity index (χ2v) is 6.54. The summed E-state index contributed by atoms with van der Waals surface area (Å²) in [6.07, 6.45) is 5.58. The average molecular weight is 309 g/mol. The summed E-state index contributed by atoms with van der Waals surface area (Å²) in [6.45, 7) is 3.16. The number of aryl methyl sites for hydroxylation is 1. The Morgan fingerprint density at radius 3 is 2.78 bits per heavy atom. The molecule has 0 amide bonds. The number of halogens is 1. The fraction of sp³-hybridized carbons (Fsp3) is 0.625. The van der Waals surface area contributed by atoms with Crippen LogP contribution in [0.4, 0.5) is 0 Å². The van der Waals surface area contributed by atoms with Crippen molar-refractivity contribution in [3.63, 3.8) is 0 Å². The van der Waals surface area contributed by atoms with Crippen molar-refractivity contribution in [2.75, 3.05) is 11.9 Å². The Balaban J connectivity index is 1.85. The van der Waals surface area contributed by atoms with Gasteiger partial charge in [-0.15, -0.1) is 0 Å². The summed E-state index contributed by atoms with van der Waals surface area (Å²) >= 11 is 3.77. The zero-order valence-electron chi connectivity index (χ0n) is 11.0. The van der Waals surface area contributed by atoms with Gasteiger partial charge in [0, 0.05) is 17.4 Å². The average Bonchev–Trinajstić information content (AvgIpc) is 3.14. The zero-order chi connectivity index (χ0) is 12.6. The molecule has 1 aliphatic heterocycles. The first-order valence-corrected chi connectivity index (χ1v) is 8.09. The van der Waals surface area contributed by atoms with Gasteiger partial charge in [0.25, 0.3) is 0 Å². The standard InChI is InChI=1S/C16H21BrO/c1-12-4-2-3-5-14(12)10-16(11-17)8-9-18-15(16)13-6-7-13/h2-5,13,15H,6-11H2,1H3. The van der Waals surface area contributed by atoms with Gasteiger partial charge in [-0.25, -0.2) is 0 Å². The first-order chi connectivity index (χ1) is 8.75. The third-order valence-corrected chi connectivity index (χ3v) is 5.74. The van der Waals surface area contributed by atoms with Crippen LogP contribution in [0.3, 0.4) is 0 Å². The molecule has 2 atom stereocenters. The maximum absolute atomic E-state index is 6.07. The maximum Gasteiger partial charge on any atom is 0.0671 e. The van der Waals surface area contributed by atoms with Gasteiger partial charge >= 0.3 is 0 Å². The van der Waals surface area contributed by atoms with Crippen LogP contribution in [0.1, 0.15) is 30.4 Å². The molecule has 0 spiro atoms. The maximum atomic E-state index is 6.07. The summed E-state index contributed by atoms with van der Waals surface area (Å²) in [5.41, 5.74) is 3.24. The lowest BCUT2D eigenvalue weighted by Crippen LogP contribution is -2.36. The number of benzene rings is 1. The summed E-state index contributed by atoms with van der Waals surface area (Å²) in [5.74, 6) is 0.828. The number of rotatable bonds is 4. The molecule has 1 heterocycles. The minimum absolute atomic E-state index is 0.327. The van der Waals surface area contributed by atoms with Crippen molar-refractivity contribution in [2.45, 2.75) is 38.7 Å². The molecule has 0 N–H and O–H groups in total. The molecule has 1 nitrogen and oxygen atoms in total. The molecule has 0 aromatic heterocycles. The van der Waals surface area contributed by atoms with Gasteiger partial charge in [-0.1, -0.05) is 40.2 Å². The van der Waals surface area contributed by atoms with Crippen molar-refractivity contribution in [1.29, 1.82) is 0 Å². The minimum Gasteiger partial charge on any atom is -0.377 e. The fourth-order valence-electron chi connectivity index (χ4n) is 3.31. The molecule has 2 aliphatic rings. The molecule has 0 radical (unpaired) electrons. The van der Waals surface area contributed by atoms with Crippen molar-refractivity contribution in [2.24, 2.45) is 11.3 Å². The van der Waals surface area contributed by atoms with Gasteiger partial charge in [0.05, 0.1) is 6.10 Å². The van der Waals surface area contributed by atoms with E-state index in [0.717, 1.165) is 24.3 Å². The number of alkyl halides is 1. The highest BCUT2D eigenvalue weighted by atomic mass is 79.9. The van der Waals surface area contributed by atoms with Crippen LogP contribution in [0.25, 0.3) is 0 Å². The molecule has 2 heteroatoms.